The second-order valence-electron chi connectivity index (χ2n) is 4.10. The molecule has 0 amide bonds. The quantitative estimate of drug-likeness (QED) is 0.597. The third-order valence-electron chi connectivity index (χ3n) is 2.95. The van der Waals surface area contributed by atoms with E-state index in [0.717, 1.165) is 0 Å². The Morgan fingerprint density at radius 2 is 1.57 bits per heavy atom. The summed E-state index contributed by atoms with van der Waals surface area (Å²) in [7, 11) is 4.40. The van der Waals surface area contributed by atoms with E-state index in [9.17, 15) is 0 Å². The van der Waals surface area contributed by atoms with E-state index in [1.165, 1.54) is 25.0 Å². The number of benzene rings is 1. The Hall–Kier alpha value is -0.795. The normalized spacial score (nSPS) is 20.0. The second-order valence-corrected chi connectivity index (χ2v) is 4.10. The highest BCUT2D eigenvalue weighted by Crippen LogP contribution is 2.06. The topological polar surface area (TPSA) is 6.48 Å². The van der Waals surface area contributed by atoms with E-state index in [-0.39, 0.29) is 0 Å². The lowest BCUT2D eigenvalue weighted by atomic mass is 9.63. The first-order valence-corrected chi connectivity index (χ1v) is 5.24. The molecule has 14 heavy (non-hydrogen) atoms. The molecule has 1 aromatic carbocycles. The molecule has 1 heterocycles. The van der Waals surface area contributed by atoms with Crippen LogP contribution in [-0.2, 0) is 0 Å². The summed E-state index contributed by atoms with van der Waals surface area (Å²) >= 11 is 0. The van der Waals surface area contributed by atoms with Crippen LogP contribution in [0.15, 0.2) is 30.3 Å². The maximum atomic E-state index is 2.42. The maximum absolute atomic E-state index is 2.42. The SMILES string of the molecule is CN1CCCN(C)B1c1ccccc1. The fraction of sp³-hybridized carbons (Fsp3) is 0.455. The van der Waals surface area contributed by atoms with Crippen LogP contribution in [0.2, 0.25) is 0 Å². The van der Waals surface area contributed by atoms with Crippen LogP contribution in [0.4, 0.5) is 0 Å². The molecule has 0 aliphatic carbocycles. The molecule has 0 atom stereocenters. The fourth-order valence-electron chi connectivity index (χ4n) is 2.28. The van der Waals surface area contributed by atoms with Gasteiger partial charge in [-0.15, -0.1) is 0 Å². The van der Waals surface area contributed by atoms with Crippen LogP contribution in [0.25, 0.3) is 0 Å². The molecule has 2 nitrogen and oxygen atoms in total. The van der Waals surface area contributed by atoms with Crippen molar-refractivity contribution in [2.24, 2.45) is 0 Å². The number of nitrogens with zero attached hydrogens (tertiary/aromatic N) is 2. The largest absolute Gasteiger partial charge is 0.345 e. The molecule has 0 bridgehead atoms. The molecule has 0 spiro atoms. The lowest BCUT2D eigenvalue weighted by Crippen LogP contribution is -2.61. The first kappa shape index (κ1) is 9.75. The molecular formula is C11H17BN2. The van der Waals surface area contributed by atoms with Gasteiger partial charge in [0.25, 0.3) is 0 Å². The van der Waals surface area contributed by atoms with Crippen molar-refractivity contribution in [3.05, 3.63) is 30.3 Å². The van der Waals surface area contributed by atoms with Crippen LogP contribution in [-0.4, -0.2) is 43.8 Å². The van der Waals surface area contributed by atoms with Crippen LogP contribution in [0.1, 0.15) is 6.42 Å². The Bertz CT molecular complexity index is 279. The van der Waals surface area contributed by atoms with Crippen LogP contribution in [0.3, 0.4) is 0 Å². The number of hydrogen-bond acceptors (Lipinski definition) is 2. The third-order valence-corrected chi connectivity index (χ3v) is 2.95. The van der Waals surface area contributed by atoms with Crippen molar-refractivity contribution >= 4 is 12.4 Å². The van der Waals surface area contributed by atoms with Gasteiger partial charge in [0.05, 0.1) is 0 Å². The van der Waals surface area contributed by atoms with Crippen molar-refractivity contribution < 1.29 is 0 Å². The van der Waals surface area contributed by atoms with E-state index >= 15 is 0 Å². The predicted molar refractivity (Wildman–Crippen MR) is 61.7 cm³/mol. The Balaban J connectivity index is 2.23. The molecule has 1 aromatic rings. The lowest BCUT2D eigenvalue weighted by molar-refractivity contribution is 0.352. The Morgan fingerprint density at radius 1 is 1.00 bits per heavy atom. The van der Waals surface area contributed by atoms with Crippen molar-refractivity contribution in [1.82, 2.24) is 9.62 Å². The fourth-order valence-corrected chi connectivity index (χ4v) is 2.28. The van der Waals surface area contributed by atoms with Crippen molar-refractivity contribution in [2.75, 3.05) is 27.2 Å². The van der Waals surface area contributed by atoms with Crippen LogP contribution >= 0.6 is 0 Å². The minimum absolute atomic E-state index is 0.463. The zero-order valence-corrected chi connectivity index (χ0v) is 8.98. The molecule has 1 aliphatic rings. The minimum atomic E-state index is 0.463. The summed E-state index contributed by atoms with van der Waals surface area (Å²) in [5, 5.41) is 0. The van der Waals surface area contributed by atoms with Gasteiger partial charge in [0.15, 0.2) is 0 Å². The van der Waals surface area contributed by atoms with Gasteiger partial charge in [-0.2, -0.15) is 0 Å². The summed E-state index contributed by atoms with van der Waals surface area (Å²) in [6.45, 7) is 2.86. The molecule has 74 valence electrons. The first-order valence-electron chi connectivity index (χ1n) is 5.24. The van der Waals surface area contributed by atoms with E-state index < -0.39 is 0 Å². The van der Waals surface area contributed by atoms with Gasteiger partial charge >= 0.3 is 6.98 Å². The zero-order chi connectivity index (χ0) is 9.97. The molecule has 0 saturated carbocycles. The first-order chi connectivity index (χ1) is 6.79. The Kier molecular flexibility index (Phi) is 2.89. The molecular weight excluding hydrogens is 171 g/mol. The molecule has 1 saturated heterocycles. The Labute approximate surface area is 86.6 Å². The summed E-state index contributed by atoms with van der Waals surface area (Å²) in [5.41, 5.74) is 1.40. The highest BCUT2D eigenvalue weighted by atomic mass is 15.2. The van der Waals surface area contributed by atoms with Crippen molar-refractivity contribution in [2.45, 2.75) is 6.42 Å². The predicted octanol–water partition coefficient (Wildman–Crippen LogP) is 0.649. The third kappa shape index (κ3) is 1.84. The van der Waals surface area contributed by atoms with Gasteiger partial charge in [-0.1, -0.05) is 30.3 Å². The monoisotopic (exact) mass is 188 g/mol. The van der Waals surface area contributed by atoms with Crippen LogP contribution in [0, 0.1) is 0 Å². The summed E-state index contributed by atoms with van der Waals surface area (Å²) in [6, 6.07) is 10.7. The van der Waals surface area contributed by atoms with Gasteiger partial charge in [-0.05, 0) is 39.1 Å². The lowest BCUT2D eigenvalue weighted by Gasteiger charge is -2.37. The van der Waals surface area contributed by atoms with Crippen LogP contribution in [0.5, 0.6) is 0 Å². The smallest absolute Gasteiger partial charge is 0.327 e. The molecule has 0 unspecified atom stereocenters. The van der Waals surface area contributed by atoms with E-state index in [1.54, 1.807) is 0 Å². The van der Waals surface area contributed by atoms with E-state index in [2.05, 4.69) is 54.0 Å². The highest BCUT2D eigenvalue weighted by molar-refractivity contribution is 6.68. The van der Waals surface area contributed by atoms with Gasteiger partial charge in [0.1, 0.15) is 0 Å². The average Bonchev–Trinajstić information content (AvgIpc) is 2.19. The highest BCUT2D eigenvalue weighted by Gasteiger charge is 2.30. The van der Waals surface area contributed by atoms with Crippen molar-refractivity contribution in [3.8, 4) is 0 Å². The minimum Gasteiger partial charge on any atom is -0.327 e. The molecule has 0 aromatic heterocycles. The summed E-state index contributed by atoms with van der Waals surface area (Å²) < 4.78 is 0. The van der Waals surface area contributed by atoms with Crippen molar-refractivity contribution in [1.29, 1.82) is 0 Å². The summed E-state index contributed by atoms with van der Waals surface area (Å²) in [4.78, 5) is 4.83. The molecule has 0 N–H and O–H groups in total. The van der Waals surface area contributed by atoms with Gasteiger partial charge in [-0.3, -0.25) is 0 Å². The number of rotatable bonds is 1. The second kappa shape index (κ2) is 4.15. The molecule has 1 fully saturated rings. The van der Waals surface area contributed by atoms with Gasteiger partial charge < -0.3 is 9.62 Å². The van der Waals surface area contributed by atoms with Crippen LogP contribution < -0.4 is 5.46 Å². The molecule has 1 aliphatic heterocycles. The molecule has 0 radical (unpaired) electrons. The van der Waals surface area contributed by atoms with Gasteiger partial charge in [0.2, 0.25) is 0 Å². The zero-order valence-electron chi connectivity index (χ0n) is 8.98. The van der Waals surface area contributed by atoms with Gasteiger partial charge in [-0.25, -0.2) is 0 Å². The summed E-state index contributed by atoms with van der Waals surface area (Å²) in [6.07, 6.45) is 1.27. The average molecular weight is 188 g/mol. The van der Waals surface area contributed by atoms with E-state index in [4.69, 9.17) is 0 Å². The molecule has 2 rings (SSSR count). The van der Waals surface area contributed by atoms with E-state index in [1.807, 2.05) is 0 Å². The Morgan fingerprint density at radius 3 is 2.14 bits per heavy atom. The standard InChI is InChI=1S/C11H17BN2/c1-13-9-6-10-14(2)12(13)11-7-4-3-5-8-11/h3-5,7-8H,6,9-10H2,1-2H3. The van der Waals surface area contributed by atoms with E-state index in [0.29, 0.717) is 6.98 Å². The molecule has 3 heteroatoms. The van der Waals surface area contributed by atoms with Crippen molar-refractivity contribution in [3.63, 3.8) is 0 Å². The maximum Gasteiger partial charge on any atom is 0.345 e. The number of hydrogen-bond donors (Lipinski definition) is 0. The van der Waals surface area contributed by atoms with Gasteiger partial charge in [0, 0.05) is 0 Å². The summed E-state index contributed by atoms with van der Waals surface area (Å²) in [5.74, 6) is 0.